The second-order valence-electron chi connectivity index (χ2n) is 5.36. The third-order valence-electron chi connectivity index (χ3n) is 2.86. The highest BCUT2D eigenvalue weighted by molar-refractivity contribution is 5.87. The van der Waals surface area contributed by atoms with Gasteiger partial charge < -0.3 is 15.2 Å². The van der Waals surface area contributed by atoms with E-state index in [-0.39, 0.29) is 0 Å². The first-order valence-corrected chi connectivity index (χ1v) is 6.93. The Morgan fingerprint density at radius 2 is 2.00 bits per heavy atom. The number of fused-ring (bicyclic) bond motifs is 1. The van der Waals surface area contributed by atoms with Crippen molar-refractivity contribution in [3.8, 4) is 5.75 Å². The number of ether oxygens (including phenoxy) is 2. The van der Waals surface area contributed by atoms with Crippen LogP contribution in [0.4, 0.5) is 5.69 Å². The van der Waals surface area contributed by atoms with Gasteiger partial charge in [-0.05, 0) is 31.0 Å². The van der Waals surface area contributed by atoms with E-state index in [4.69, 9.17) is 15.2 Å². The van der Waals surface area contributed by atoms with Crippen molar-refractivity contribution < 1.29 is 9.47 Å². The van der Waals surface area contributed by atoms with Crippen LogP contribution in [0.2, 0.25) is 0 Å². The summed E-state index contributed by atoms with van der Waals surface area (Å²) in [5.41, 5.74) is 8.38. The molecule has 1 heterocycles. The predicted molar refractivity (Wildman–Crippen MR) is 82.0 cm³/mol. The quantitative estimate of drug-likeness (QED) is 0.649. The van der Waals surface area contributed by atoms with Crippen LogP contribution in [-0.2, 0) is 4.74 Å². The van der Waals surface area contributed by atoms with Gasteiger partial charge in [-0.3, -0.25) is 4.98 Å². The van der Waals surface area contributed by atoms with E-state index in [9.17, 15) is 0 Å². The Balaban J connectivity index is 2.07. The summed E-state index contributed by atoms with van der Waals surface area (Å²) >= 11 is 0. The molecule has 0 radical (unpaired) electrons. The van der Waals surface area contributed by atoms with Crippen LogP contribution in [0.25, 0.3) is 10.9 Å². The van der Waals surface area contributed by atoms with Crippen molar-refractivity contribution in [1.29, 1.82) is 0 Å². The molecule has 0 aliphatic carbocycles. The van der Waals surface area contributed by atoms with Crippen molar-refractivity contribution in [1.82, 2.24) is 4.98 Å². The predicted octanol–water partition coefficient (Wildman–Crippen LogP) is 3.18. The molecule has 1 aromatic carbocycles. The highest BCUT2D eigenvalue weighted by Crippen LogP contribution is 2.27. The molecule has 0 aliphatic rings. The summed E-state index contributed by atoms with van der Waals surface area (Å²) in [6.45, 7) is 8.08. The number of benzene rings is 1. The molecule has 0 bridgehead atoms. The van der Waals surface area contributed by atoms with Gasteiger partial charge >= 0.3 is 0 Å². The molecular weight excluding hydrogens is 252 g/mol. The maximum absolute atomic E-state index is 5.83. The average Bonchev–Trinajstić information content (AvgIpc) is 2.38. The molecule has 108 valence electrons. The first-order chi connectivity index (χ1) is 9.56. The number of nitrogen functional groups attached to an aromatic ring is 1. The van der Waals surface area contributed by atoms with Crippen molar-refractivity contribution in [2.75, 3.05) is 25.6 Å². The van der Waals surface area contributed by atoms with E-state index in [1.54, 1.807) is 0 Å². The highest BCUT2D eigenvalue weighted by Gasteiger charge is 2.06. The topological polar surface area (TPSA) is 57.4 Å². The number of rotatable bonds is 6. The SMILES string of the molecule is Cc1cc(OCCOCC(C)C)c2cc(N)ccc2n1. The monoisotopic (exact) mass is 274 g/mol. The summed E-state index contributed by atoms with van der Waals surface area (Å²) in [6.07, 6.45) is 0. The molecule has 2 aromatic rings. The lowest BCUT2D eigenvalue weighted by molar-refractivity contribution is 0.0823. The van der Waals surface area contributed by atoms with Gasteiger partial charge in [0.1, 0.15) is 12.4 Å². The lowest BCUT2D eigenvalue weighted by atomic mass is 10.1. The number of anilines is 1. The number of hydrogen-bond acceptors (Lipinski definition) is 4. The van der Waals surface area contributed by atoms with Gasteiger partial charge in [-0.2, -0.15) is 0 Å². The normalized spacial score (nSPS) is 11.2. The number of aromatic nitrogens is 1. The lowest BCUT2D eigenvalue weighted by Gasteiger charge is -2.11. The van der Waals surface area contributed by atoms with E-state index in [0.717, 1.165) is 29.0 Å². The third kappa shape index (κ3) is 3.84. The lowest BCUT2D eigenvalue weighted by Crippen LogP contribution is -2.10. The number of nitrogens with zero attached hydrogens (tertiary/aromatic N) is 1. The zero-order valence-electron chi connectivity index (χ0n) is 12.3. The van der Waals surface area contributed by atoms with Crippen LogP contribution in [0.1, 0.15) is 19.5 Å². The van der Waals surface area contributed by atoms with Crippen LogP contribution in [0.15, 0.2) is 24.3 Å². The Hall–Kier alpha value is -1.81. The first-order valence-electron chi connectivity index (χ1n) is 6.93. The van der Waals surface area contributed by atoms with Crippen LogP contribution >= 0.6 is 0 Å². The average molecular weight is 274 g/mol. The summed E-state index contributed by atoms with van der Waals surface area (Å²) in [6, 6.07) is 7.60. The highest BCUT2D eigenvalue weighted by atomic mass is 16.5. The Morgan fingerprint density at radius 1 is 1.20 bits per heavy atom. The van der Waals surface area contributed by atoms with Gasteiger partial charge in [-0.15, -0.1) is 0 Å². The summed E-state index contributed by atoms with van der Waals surface area (Å²) in [5.74, 6) is 1.35. The minimum absolute atomic E-state index is 0.528. The molecule has 0 saturated carbocycles. The molecule has 2 N–H and O–H groups in total. The standard InChI is InChI=1S/C16H22N2O2/c1-11(2)10-19-6-7-20-16-8-12(3)18-15-5-4-13(17)9-14(15)16/h4-5,8-9,11H,6-7,10,17H2,1-3H3. The fourth-order valence-electron chi connectivity index (χ4n) is 1.99. The van der Waals surface area contributed by atoms with Gasteiger partial charge in [0.2, 0.25) is 0 Å². The van der Waals surface area contributed by atoms with Gasteiger partial charge in [-0.1, -0.05) is 13.8 Å². The number of pyridine rings is 1. The van der Waals surface area contributed by atoms with Gasteiger partial charge in [-0.25, -0.2) is 0 Å². The van der Waals surface area contributed by atoms with Gasteiger partial charge in [0.15, 0.2) is 0 Å². The first kappa shape index (κ1) is 14.6. The van der Waals surface area contributed by atoms with Gasteiger partial charge in [0, 0.05) is 29.4 Å². The Bertz CT molecular complexity index is 582. The smallest absolute Gasteiger partial charge is 0.130 e. The minimum atomic E-state index is 0.528. The molecule has 0 saturated heterocycles. The molecular formula is C16H22N2O2. The Labute approximate surface area is 119 Å². The fraction of sp³-hybridized carbons (Fsp3) is 0.438. The Kier molecular flexibility index (Phi) is 4.79. The second kappa shape index (κ2) is 6.57. The third-order valence-corrected chi connectivity index (χ3v) is 2.86. The van der Waals surface area contributed by atoms with Crippen LogP contribution in [0.5, 0.6) is 5.75 Å². The second-order valence-corrected chi connectivity index (χ2v) is 5.36. The molecule has 0 unspecified atom stereocenters. The number of nitrogens with two attached hydrogens (primary N) is 1. The van der Waals surface area contributed by atoms with Crippen LogP contribution < -0.4 is 10.5 Å². The molecule has 1 aromatic heterocycles. The van der Waals surface area contributed by atoms with E-state index in [1.165, 1.54) is 0 Å². The summed E-state index contributed by atoms with van der Waals surface area (Å²) in [4.78, 5) is 4.48. The van der Waals surface area contributed by atoms with Crippen molar-refractivity contribution in [2.45, 2.75) is 20.8 Å². The molecule has 0 atom stereocenters. The molecule has 4 nitrogen and oxygen atoms in total. The molecule has 0 amide bonds. The van der Waals surface area contributed by atoms with E-state index < -0.39 is 0 Å². The van der Waals surface area contributed by atoms with Crippen LogP contribution in [0, 0.1) is 12.8 Å². The molecule has 20 heavy (non-hydrogen) atoms. The van der Waals surface area contributed by atoms with E-state index in [2.05, 4.69) is 18.8 Å². The zero-order chi connectivity index (χ0) is 14.5. The molecule has 4 heteroatoms. The van der Waals surface area contributed by atoms with Gasteiger partial charge in [0.05, 0.1) is 12.1 Å². The van der Waals surface area contributed by atoms with E-state index in [0.29, 0.717) is 24.8 Å². The van der Waals surface area contributed by atoms with Crippen molar-refractivity contribution >= 4 is 16.6 Å². The minimum Gasteiger partial charge on any atom is -0.490 e. The summed E-state index contributed by atoms with van der Waals surface area (Å²) in [7, 11) is 0. The summed E-state index contributed by atoms with van der Waals surface area (Å²) in [5, 5.41) is 0.944. The Morgan fingerprint density at radius 3 is 2.75 bits per heavy atom. The molecule has 0 aliphatic heterocycles. The fourth-order valence-corrected chi connectivity index (χ4v) is 1.99. The number of aryl methyl sites for hydroxylation is 1. The zero-order valence-corrected chi connectivity index (χ0v) is 12.3. The van der Waals surface area contributed by atoms with Crippen LogP contribution in [0.3, 0.4) is 0 Å². The van der Waals surface area contributed by atoms with Crippen molar-refractivity contribution in [3.05, 3.63) is 30.0 Å². The van der Waals surface area contributed by atoms with Gasteiger partial charge in [0.25, 0.3) is 0 Å². The molecule has 2 rings (SSSR count). The molecule has 0 fully saturated rings. The van der Waals surface area contributed by atoms with Crippen molar-refractivity contribution in [2.24, 2.45) is 5.92 Å². The summed E-state index contributed by atoms with van der Waals surface area (Å²) < 4.78 is 11.3. The maximum atomic E-state index is 5.83. The molecule has 0 spiro atoms. The van der Waals surface area contributed by atoms with Crippen molar-refractivity contribution in [3.63, 3.8) is 0 Å². The van der Waals surface area contributed by atoms with E-state index >= 15 is 0 Å². The number of hydrogen-bond donors (Lipinski definition) is 1. The maximum Gasteiger partial charge on any atom is 0.130 e. The van der Waals surface area contributed by atoms with Crippen LogP contribution in [-0.4, -0.2) is 24.8 Å². The van der Waals surface area contributed by atoms with E-state index in [1.807, 2.05) is 31.2 Å². The largest absolute Gasteiger partial charge is 0.490 e.